The lowest BCUT2D eigenvalue weighted by atomic mass is 10.1. The van der Waals surface area contributed by atoms with Gasteiger partial charge in [0.15, 0.2) is 0 Å². The number of aromatic nitrogens is 1. The fourth-order valence-electron chi connectivity index (χ4n) is 4.26. The Morgan fingerprint density at radius 2 is 1.86 bits per heavy atom. The number of carbonyl (C=O) groups excluding carboxylic acids is 2. The van der Waals surface area contributed by atoms with Crippen molar-refractivity contribution in [2.45, 2.75) is 16.7 Å². The van der Waals surface area contributed by atoms with E-state index in [1.54, 1.807) is 30.6 Å². The minimum Gasteiger partial charge on any atom is -0.548 e. The van der Waals surface area contributed by atoms with Crippen LogP contribution in [0.25, 0.3) is 21.3 Å². The first-order valence-electron chi connectivity index (χ1n) is 11.0. The van der Waals surface area contributed by atoms with E-state index in [1.165, 1.54) is 31.6 Å². The zero-order valence-electron chi connectivity index (χ0n) is 20.2. The predicted octanol–water partition coefficient (Wildman–Crippen LogP) is 2.29. The molecule has 0 bridgehead atoms. The van der Waals surface area contributed by atoms with E-state index in [1.807, 2.05) is 32.2 Å². The van der Waals surface area contributed by atoms with Crippen LogP contribution in [-0.2, 0) is 16.6 Å². The number of carboxylic acid groups (broad SMARTS) is 1. The summed E-state index contributed by atoms with van der Waals surface area (Å²) in [6, 6.07) is 10.6. The molecule has 3 aromatic rings. The van der Waals surface area contributed by atoms with Gasteiger partial charge in [-0.1, -0.05) is 60.0 Å². The molecule has 1 fully saturated rings. The summed E-state index contributed by atoms with van der Waals surface area (Å²) in [5, 5.41) is 14.4. The number of carboxylic acids is 1. The summed E-state index contributed by atoms with van der Waals surface area (Å²) in [5.74, 6) is -1.93. The number of amides is 1. The van der Waals surface area contributed by atoms with Crippen LogP contribution in [0, 0.1) is 0 Å². The van der Waals surface area contributed by atoms with Crippen molar-refractivity contribution in [2.24, 2.45) is 7.05 Å². The number of thiazole rings is 1. The zero-order chi connectivity index (χ0) is 26.6. The number of hydrogen-bond donors (Lipinski definition) is 0. The van der Waals surface area contributed by atoms with Crippen LogP contribution in [0.3, 0.4) is 0 Å². The molecule has 2 aromatic carbocycles. The number of nitrogens with zero attached hydrogens (tertiary/aromatic N) is 3. The molecule has 7 nitrogen and oxygen atoms in total. The highest BCUT2D eigenvalue weighted by atomic mass is 32.2. The second-order valence-electron chi connectivity index (χ2n) is 8.36. The number of aliphatic carboxylic acids is 1. The highest BCUT2D eigenvalue weighted by molar-refractivity contribution is 8.30. The smallest absolute Gasteiger partial charge is 0.269 e. The minimum atomic E-state index is -1.40. The number of fused-ring (bicyclic) bond motifs is 3. The number of thioether (sulfide) groups is 3. The van der Waals surface area contributed by atoms with Crippen LogP contribution in [0.5, 0.6) is 0 Å². The first kappa shape index (κ1) is 26.1. The molecule has 2 aliphatic rings. The first-order valence-corrected chi connectivity index (χ1v) is 15.1. The van der Waals surface area contributed by atoms with Gasteiger partial charge in [0.05, 0.1) is 27.8 Å². The third-order valence-electron chi connectivity index (χ3n) is 6.07. The maximum absolute atomic E-state index is 13.2. The molecular formula is C25H20N3O4S5-. The quantitative estimate of drug-likeness (QED) is 0.338. The van der Waals surface area contributed by atoms with Crippen molar-refractivity contribution in [1.29, 1.82) is 0 Å². The minimum absolute atomic E-state index is 0.132. The molecule has 0 saturated carbocycles. The lowest BCUT2D eigenvalue weighted by Crippen LogP contribution is -2.40. The Labute approximate surface area is 234 Å². The highest BCUT2D eigenvalue weighted by Gasteiger charge is 2.34. The summed E-state index contributed by atoms with van der Waals surface area (Å²) in [6.45, 7) is 1.27. The number of hydrogen-bond acceptors (Lipinski definition) is 10. The summed E-state index contributed by atoms with van der Waals surface area (Å²) in [7, 11) is 3.63. The van der Waals surface area contributed by atoms with Crippen molar-refractivity contribution < 1.29 is 14.7 Å². The van der Waals surface area contributed by atoms with Gasteiger partial charge in [0.1, 0.15) is 13.9 Å². The van der Waals surface area contributed by atoms with Gasteiger partial charge in [-0.15, -0.1) is 23.1 Å². The second kappa shape index (κ2) is 9.99. The molecule has 190 valence electrons. The molecule has 0 spiro atoms. The van der Waals surface area contributed by atoms with Crippen LogP contribution in [0.4, 0.5) is 5.69 Å². The van der Waals surface area contributed by atoms with E-state index in [2.05, 4.69) is 29.4 Å². The predicted molar refractivity (Wildman–Crippen MR) is 156 cm³/mol. The lowest BCUT2D eigenvalue weighted by molar-refractivity contribution is -0.305. The molecule has 37 heavy (non-hydrogen) atoms. The van der Waals surface area contributed by atoms with Crippen molar-refractivity contribution >= 4 is 102 Å². The van der Waals surface area contributed by atoms with Crippen LogP contribution in [0.1, 0.15) is 6.92 Å². The first-order chi connectivity index (χ1) is 17.6. The van der Waals surface area contributed by atoms with Gasteiger partial charge in [-0.25, -0.2) is 0 Å². The normalized spacial score (nSPS) is 18.9. The highest BCUT2D eigenvalue weighted by Crippen LogP contribution is 2.51. The maximum atomic E-state index is 13.2. The average molecular weight is 587 g/mol. The molecule has 0 N–H and O–H groups in total. The van der Waals surface area contributed by atoms with Gasteiger partial charge in [-0.3, -0.25) is 14.5 Å². The Bertz CT molecular complexity index is 1740. The molecule has 0 aliphatic carbocycles. The summed E-state index contributed by atoms with van der Waals surface area (Å²) in [5.41, 5.74) is 1.69. The van der Waals surface area contributed by atoms with Gasteiger partial charge in [0.2, 0.25) is 0 Å². The number of anilines is 1. The van der Waals surface area contributed by atoms with Crippen LogP contribution in [-0.4, -0.2) is 45.5 Å². The van der Waals surface area contributed by atoms with Gasteiger partial charge in [0, 0.05) is 29.3 Å². The Hall–Kier alpha value is -2.51. The zero-order valence-corrected chi connectivity index (χ0v) is 24.3. The molecule has 1 amide bonds. The monoisotopic (exact) mass is 586 g/mol. The molecule has 5 rings (SSSR count). The summed E-state index contributed by atoms with van der Waals surface area (Å²) in [6.07, 6.45) is 4.07. The number of thiocarbonyl (C=S) groups is 1. The molecule has 0 unspecified atom stereocenters. The summed E-state index contributed by atoms with van der Waals surface area (Å²) >= 11 is 10.8. The molecule has 0 atom stereocenters. The van der Waals surface area contributed by atoms with Gasteiger partial charge < -0.3 is 19.4 Å². The van der Waals surface area contributed by atoms with E-state index in [4.69, 9.17) is 12.2 Å². The van der Waals surface area contributed by atoms with E-state index in [0.717, 1.165) is 37.8 Å². The third kappa shape index (κ3) is 4.44. The van der Waals surface area contributed by atoms with E-state index in [0.29, 0.717) is 9.20 Å². The Kier molecular flexibility index (Phi) is 7.05. The fourth-order valence-corrected chi connectivity index (χ4v) is 8.71. The van der Waals surface area contributed by atoms with Crippen molar-refractivity contribution in [3.8, 4) is 0 Å². The topological polar surface area (TPSA) is 85.7 Å². The van der Waals surface area contributed by atoms with Crippen molar-refractivity contribution in [1.82, 2.24) is 9.47 Å². The lowest BCUT2D eigenvalue weighted by Gasteiger charge is -2.17. The molecule has 1 saturated heterocycles. The molecule has 12 heteroatoms. The number of benzene rings is 2. The van der Waals surface area contributed by atoms with Crippen molar-refractivity contribution in [3.05, 3.63) is 61.0 Å². The Balaban J connectivity index is 1.61. The van der Waals surface area contributed by atoms with Gasteiger partial charge in [-0.05, 0) is 36.3 Å². The standard InChI is InChI=1S/C25H21N3O4S5/c1-12(9-17-26(2)19-14-8-6-5-7-13(14)15(34-4)10-16(19)35-17)20-22(31)27(3)24(36-20)21-23(32)28(11-18(29)30)25(33)37-21/h5-10H,11H2,1-4H3,(H,29,30)/p-1/b17-9-,20-12+,24-21-. The van der Waals surface area contributed by atoms with Crippen LogP contribution in [0.2, 0.25) is 0 Å². The molecular weight excluding hydrogens is 567 g/mol. The number of allylic oxidation sites excluding steroid dienone is 1. The fraction of sp³-hybridized carbons (Fsp3) is 0.200. The number of carbonyl (C=O) groups is 2. The van der Waals surface area contributed by atoms with Gasteiger partial charge in [-0.2, -0.15) is 0 Å². The van der Waals surface area contributed by atoms with Crippen LogP contribution < -0.4 is 24.8 Å². The SMILES string of the molecule is CSc1cc2c(c3ccccc13)N(C)/C(=C/C(C)=c1/s/c(=C3\SC(=S)N(CC(=O)[O-])C3=O)n(C)c1=O)S2. The second-order valence-corrected chi connectivity index (χ2v) is 12.9. The summed E-state index contributed by atoms with van der Waals surface area (Å²) in [4.78, 5) is 42.8. The Morgan fingerprint density at radius 3 is 2.54 bits per heavy atom. The van der Waals surface area contributed by atoms with E-state index in [9.17, 15) is 19.5 Å². The van der Waals surface area contributed by atoms with Crippen molar-refractivity contribution in [2.75, 3.05) is 24.7 Å². The van der Waals surface area contributed by atoms with E-state index < -0.39 is 18.4 Å². The maximum Gasteiger partial charge on any atom is 0.269 e. The molecule has 1 aromatic heterocycles. The van der Waals surface area contributed by atoms with Crippen LogP contribution in [0.15, 0.2) is 56.0 Å². The summed E-state index contributed by atoms with van der Waals surface area (Å²) < 4.78 is 2.51. The molecule has 0 radical (unpaired) electrons. The van der Waals surface area contributed by atoms with Gasteiger partial charge in [0.25, 0.3) is 11.5 Å². The van der Waals surface area contributed by atoms with E-state index in [-0.39, 0.29) is 14.8 Å². The average Bonchev–Trinajstić information content (AvgIpc) is 3.44. The largest absolute Gasteiger partial charge is 0.548 e. The van der Waals surface area contributed by atoms with Crippen LogP contribution >= 0.6 is 58.8 Å². The molecule has 2 aliphatic heterocycles. The van der Waals surface area contributed by atoms with Gasteiger partial charge >= 0.3 is 0 Å². The third-order valence-corrected chi connectivity index (χ3v) is 10.9. The number of rotatable bonds is 4. The molecule has 3 heterocycles. The van der Waals surface area contributed by atoms with Crippen molar-refractivity contribution in [3.63, 3.8) is 0 Å². The Morgan fingerprint density at radius 1 is 1.16 bits per heavy atom. The van der Waals surface area contributed by atoms with E-state index >= 15 is 0 Å².